The summed E-state index contributed by atoms with van der Waals surface area (Å²) >= 11 is 0. The van der Waals surface area contributed by atoms with Crippen molar-refractivity contribution in [2.24, 2.45) is 0 Å². The van der Waals surface area contributed by atoms with Gasteiger partial charge in [0.1, 0.15) is 5.82 Å². The Morgan fingerprint density at radius 2 is 1.78 bits per heavy atom. The van der Waals surface area contributed by atoms with Crippen molar-refractivity contribution in [2.45, 2.75) is 33.1 Å². The van der Waals surface area contributed by atoms with E-state index in [0.29, 0.717) is 37.7 Å². The van der Waals surface area contributed by atoms with Gasteiger partial charge in [-0.1, -0.05) is 19.8 Å². The van der Waals surface area contributed by atoms with Crippen LogP contribution in [-0.4, -0.2) is 64.5 Å². The molecule has 7 nitrogen and oxygen atoms in total. The predicted molar refractivity (Wildman–Crippen MR) is 88.2 cm³/mol. The SMILES string of the molecule is CCCCCNc1ccc(C(=O)N2CCN(C(C)=O)CC2)nn1. The number of nitrogens with one attached hydrogen (secondary N) is 1. The average molecular weight is 319 g/mol. The lowest BCUT2D eigenvalue weighted by Crippen LogP contribution is -2.50. The summed E-state index contributed by atoms with van der Waals surface area (Å²) in [6.45, 7) is 6.81. The van der Waals surface area contributed by atoms with Crippen LogP contribution in [0.5, 0.6) is 0 Å². The van der Waals surface area contributed by atoms with E-state index in [4.69, 9.17) is 0 Å². The van der Waals surface area contributed by atoms with Crippen LogP contribution in [-0.2, 0) is 4.79 Å². The van der Waals surface area contributed by atoms with Crippen LogP contribution in [0.4, 0.5) is 5.82 Å². The number of rotatable bonds is 6. The molecule has 23 heavy (non-hydrogen) atoms. The highest BCUT2D eigenvalue weighted by atomic mass is 16.2. The van der Waals surface area contributed by atoms with Gasteiger partial charge in [-0.2, -0.15) is 0 Å². The van der Waals surface area contributed by atoms with Gasteiger partial charge in [-0.05, 0) is 18.6 Å². The van der Waals surface area contributed by atoms with Gasteiger partial charge in [0.25, 0.3) is 5.91 Å². The molecular formula is C16H25N5O2. The summed E-state index contributed by atoms with van der Waals surface area (Å²) < 4.78 is 0. The van der Waals surface area contributed by atoms with Crippen LogP contribution >= 0.6 is 0 Å². The number of carbonyl (C=O) groups excluding carboxylic acids is 2. The molecule has 126 valence electrons. The number of hydrogen-bond donors (Lipinski definition) is 1. The van der Waals surface area contributed by atoms with Crippen molar-refractivity contribution >= 4 is 17.6 Å². The van der Waals surface area contributed by atoms with E-state index in [9.17, 15) is 9.59 Å². The molecule has 1 aliphatic heterocycles. The monoisotopic (exact) mass is 319 g/mol. The number of carbonyl (C=O) groups is 2. The molecule has 0 bridgehead atoms. The van der Waals surface area contributed by atoms with Crippen molar-refractivity contribution in [3.63, 3.8) is 0 Å². The second kappa shape index (κ2) is 8.45. The van der Waals surface area contributed by atoms with Gasteiger partial charge >= 0.3 is 0 Å². The van der Waals surface area contributed by atoms with Crippen molar-refractivity contribution in [2.75, 3.05) is 38.0 Å². The molecule has 0 unspecified atom stereocenters. The summed E-state index contributed by atoms with van der Waals surface area (Å²) in [6.07, 6.45) is 3.46. The Morgan fingerprint density at radius 1 is 1.09 bits per heavy atom. The molecule has 0 saturated carbocycles. The molecular weight excluding hydrogens is 294 g/mol. The fourth-order valence-electron chi connectivity index (χ4n) is 2.52. The van der Waals surface area contributed by atoms with Gasteiger partial charge in [0, 0.05) is 39.6 Å². The molecule has 7 heteroatoms. The van der Waals surface area contributed by atoms with E-state index in [2.05, 4.69) is 22.4 Å². The van der Waals surface area contributed by atoms with E-state index in [1.165, 1.54) is 12.8 Å². The Balaban J connectivity index is 1.84. The molecule has 2 heterocycles. The number of hydrogen-bond acceptors (Lipinski definition) is 5. The van der Waals surface area contributed by atoms with Crippen molar-refractivity contribution < 1.29 is 9.59 Å². The van der Waals surface area contributed by atoms with E-state index < -0.39 is 0 Å². The molecule has 1 saturated heterocycles. The summed E-state index contributed by atoms with van der Waals surface area (Å²) in [5, 5.41) is 11.3. The summed E-state index contributed by atoms with van der Waals surface area (Å²) in [5.41, 5.74) is 0.348. The number of unbranched alkanes of at least 4 members (excludes halogenated alkanes) is 2. The zero-order chi connectivity index (χ0) is 16.7. The maximum Gasteiger partial charge on any atom is 0.274 e. The predicted octanol–water partition coefficient (Wildman–Crippen LogP) is 1.38. The molecule has 0 spiro atoms. The number of amides is 2. The van der Waals surface area contributed by atoms with Gasteiger partial charge < -0.3 is 15.1 Å². The van der Waals surface area contributed by atoms with Gasteiger partial charge in [-0.3, -0.25) is 9.59 Å². The fraction of sp³-hybridized carbons (Fsp3) is 0.625. The van der Waals surface area contributed by atoms with Gasteiger partial charge in [-0.25, -0.2) is 0 Å². The smallest absolute Gasteiger partial charge is 0.274 e. The molecule has 2 rings (SSSR count). The minimum atomic E-state index is -0.127. The van der Waals surface area contributed by atoms with Gasteiger partial charge in [0.05, 0.1) is 0 Å². The average Bonchev–Trinajstić information content (AvgIpc) is 2.59. The molecule has 1 aromatic rings. The maximum atomic E-state index is 12.4. The van der Waals surface area contributed by atoms with E-state index in [1.54, 1.807) is 28.9 Å². The third kappa shape index (κ3) is 4.91. The summed E-state index contributed by atoms with van der Waals surface area (Å²) in [7, 11) is 0. The lowest BCUT2D eigenvalue weighted by atomic mass is 10.2. The van der Waals surface area contributed by atoms with Crippen LogP contribution in [0.25, 0.3) is 0 Å². The second-order valence-corrected chi connectivity index (χ2v) is 5.74. The molecule has 0 atom stereocenters. The zero-order valence-electron chi connectivity index (χ0n) is 13.9. The highest BCUT2D eigenvalue weighted by molar-refractivity contribution is 5.92. The standard InChI is InChI=1S/C16H25N5O2/c1-3-4-5-8-17-15-7-6-14(18-19-15)16(23)21-11-9-20(10-12-21)13(2)22/h6-7H,3-5,8-12H2,1-2H3,(H,17,19). The summed E-state index contributed by atoms with van der Waals surface area (Å²) in [5.74, 6) is 0.618. The molecule has 2 amide bonds. The van der Waals surface area contributed by atoms with Crippen molar-refractivity contribution in [1.29, 1.82) is 0 Å². The van der Waals surface area contributed by atoms with Crippen LogP contribution in [0, 0.1) is 0 Å². The zero-order valence-corrected chi connectivity index (χ0v) is 13.9. The minimum Gasteiger partial charge on any atom is -0.369 e. The van der Waals surface area contributed by atoms with Crippen LogP contribution in [0.2, 0.25) is 0 Å². The van der Waals surface area contributed by atoms with Crippen molar-refractivity contribution in [1.82, 2.24) is 20.0 Å². The Kier molecular flexibility index (Phi) is 6.31. The van der Waals surface area contributed by atoms with E-state index in [-0.39, 0.29) is 11.8 Å². The van der Waals surface area contributed by atoms with E-state index in [0.717, 1.165) is 13.0 Å². The first-order chi connectivity index (χ1) is 11.1. The van der Waals surface area contributed by atoms with E-state index >= 15 is 0 Å². The quantitative estimate of drug-likeness (QED) is 0.802. The molecule has 1 aliphatic rings. The first-order valence-electron chi connectivity index (χ1n) is 8.24. The van der Waals surface area contributed by atoms with Crippen molar-refractivity contribution in [3.05, 3.63) is 17.8 Å². The van der Waals surface area contributed by atoms with Crippen LogP contribution in [0.1, 0.15) is 43.6 Å². The number of nitrogens with zero attached hydrogens (tertiary/aromatic N) is 4. The van der Waals surface area contributed by atoms with E-state index in [1.807, 2.05) is 0 Å². The third-order valence-corrected chi connectivity index (χ3v) is 3.98. The fourth-order valence-corrected chi connectivity index (χ4v) is 2.52. The highest BCUT2D eigenvalue weighted by Gasteiger charge is 2.24. The number of aromatic nitrogens is 2. The van der Waals surface area contributed by atoms with Crippen LogP contribution in [0.15, 0.2) is 12.1 Å². The van der Waals surface area contributed by atoms with Crippen molar-refractivity contribution in [3.8, 4) is 0 Å². The molecule has 0 radical (unpaired) electrons. The Morgan fingerprint density at radius 3 is 2.35 bits per heavy atom. The lowest BCUT2D eigenvalue weighted by molar-refractivity contribution is -0.130. The normalized spacial score (nSPS) is 14.7. The molecule has 0 aliphatic carbocycles. The summed E-state index contributed by atoms with van der Waals surface area (Å²) in [6, 6.07) is 3.49. The maximum absolute atomic E-state index is 12.4. The first-order valence-corrected chi connectivity index (χ1v) is 8.24. The van der Waals surface area contributed by atoms with Gasteiger partial charge in [0.15, 0.2) is 5.69 Å². The molecule has 1 aromatic heterocycles. The van der Waals surface area contributed by atoms with Gasteiger partial charge in [0.2, 0.25) is 5.91 Å². The number of piperazine rings is 1. The first kappa shape index (κ1) is 17.2. The van der Waals surface area contributed by atoms with Crippen LogP contribution in [0.3, 0.4) is 0 Å². The topological polar surface area (TPSA) is 78.4 Å². The third-order valence-electron chi connectivity index (χ3n) is 3.98. The van der Waals surface area contributed by atoms with Crippen LogP contribution < -0.4 is 5.32 Å². The largest absolute Gasteiger partial charge is 0.369 e. The number of anilines is 1. The lowest BCUT2D eigenvalue weighted by Gasteiger charge is -2.33. The second-order valence-electron chi connectivity index (χ2n) is 5.74. The summed E-state index contributed by atoms with van der Waals surface area (Å²) in [4.78, 5) is 27.2. The Labute approximate surface area is 137 Å². The molecule has 0 aromatic carbocycles. The minimum absolute atomic E-state index is 0.0513. The molecule has 1 N–H and O–H groups in total. The molecule has 1 fully saturated rings. The highest BCUT2D eigenvalue weighted by Crippen LogP contribution is 2.09. The van der Waals surface area contributed by atoms with Gasteiger partial charge in [-0.15, -0.1) is 10.2 Å². The Hall–Kier alpha value is -2.18. The Bertz CT molecular complexity index is 524.